The Kier molecular flexibility index (Phi) is 6.94. The highest BCUT2D eigenvalue weighted by atomic mass is 35.5. The van der Waals surface area contributed by atoms with Gasteiger partial charge in [0.2, 0.25) is 5.91 Å². The molecule has 1 amide bonds. The van der Waals surface area contributed by atoms with Crippen LogP contribution < -0.4 is 0 Å². The molecule has 5 nitrogen and oxygen atoms in total. The molecule has 0 radical (unpaired) electrons. The van der Waals surface area contributed by atoms with Gasteiger partial charge in [0.1, 0.15) is 5.65 Å². The zero-order chi connectivity index (χ0) is 20.1. The van der Waals surface area contributed by atoms with Gasteiger partial charge in [0.15, 0.2) is 0 Å². The molecule has 0 saturated heterocycles. The molecule has 1 aromatic carbocycles. The lowest BCUT2D eigenvalue weighted by molar-refractivity contribution is -0.131. The van der Waals surface area contributed by atoms with Crippen LogP contribution in [0.25, 0.3) is 5.65 Å². The quantitative estimate of drug-likeness (QED) is 0.551. The van der Waals surface area contributed by atoms with E-state index in [2.05, 4.69) is 9.88 Å². The van der Waals surface area contributed by atoms with Crippen LogP contribution in [-0.4, -0.2) is 52.3 Å². The topological polar surface area (TPSA) is 40.9 Å². The second kappa shape index (κ2) is 9.41. The van der Waals surface area contributed by atoms with Gasteiger partial charge < -0.3 is 14.2 Å². The average molecular weight is 419 g/mol. The van der Waals surface area contributed by atoms with Crippen molar-refractivity contribution in [3.05, 3.63) is 70.1 Å². The summed E-state index contributed by atoms with van der Waals surface area (Å²) < 4.78 is 1.93. The summed E-state index contributed by atoms with van der Waals surface area (Å²) in [5.74, 6) is 0.0493. The van der Waals surface area contributed by atoms with Gasteiger partial charge >= 0.3 is 0 Å². The molecule has 0 fully saturated rings. The summed E-state index contributed by atoms with van der Waals surface area (Å²) in [5.41, 5.74) is 2.57. The van der Waals surface area contributed by atoms with E-state index in [1.807, 2.05) is 66.1 Å². The Balaban J connectivity index is 1.73. The van der Waals surface area contributed by atoms with Crippen molar-refractivity contribution >= 4 is 34.8 Å². The average Bonchev–Trinajstić information content (AvgIpc) is 3.05. The van der Waals surface area contributed by atoms with E-state index in [4.69, 9.17) is 23.2 Å². The molecule has 2 aromatic heterocycles. The lowest BCUT2D eigenvalue weighted by Crippen LogP contribution is -2.34. The molecule has 2 heterocycles. The maximum Gasteiger partial charge on any atom is 0.228 e. The predicted octanol–water partition coefficient (Wildman–Crippen LogP) is 4.16. The number of imidazole rings is 1. The highest BCUT2D eigenvalue weighted by molar-refractivity contribution is 6.42. The molecular formula is C21H24Cl2N4O. The van der Waals surface area contributed by atoms with Gasteiger partial charge in [0, 0.05) is 25.5 Å². The van der Waals surface area contributed by atoms with Crippen molar-refractivity contribution in [2.24, 2.45) is 0 Å². The fraction of sp³-hybridized carbons (Fsp3) is 0.333. The summed E-state index contributed by atoms with van der Waals surface area (Å²) in [6.07, 6.45) is 5.00. The molecule has 0 aliphatic rings. The van der Waals surface area contributed by atoms with Crippen LogP contribution in [0.3, 0.4) is 0 Å². The van der Waals surface area contributed by atoms with Crippen molar-refractivity contribution in [2.75, 3.05) is 27.2 Å². The van der Waals surface area contributed by atoms with E-state index in [1.54, 1.807) is 6.07 Å². The Morgan fingerprint density at radius 3 is 2.64 bits per heavy atom. The first-order valence-electron chi connectivity index (χ1n) is 9.21. The summed E-state index contributed by atoms with van der Waals surface area (Å²) >= 11 is 12.2. The van der Waals surface area contributed by atoms with E-state index >= 15 is 0 Å². The SMILES string of the molecule is CN(C)CCCN(Cc1ccc(Cl)c(Cl)c1)C(=O)Cc1cn2ccccc2n1. The van der Waals surface area contributed by atoms with Crippen LogP contribution >= 0.6 is 23.2 Å². The molecule has 0 bridgehead atoms. The fourth-order valence-corrected chi connectivity index (χ4v) is 3.39. The normalized spacial score (nSPS) is 11.3. The Bertz CT molecular complexity index is 921. The van der Waals surface area contributed by atoms with Gasteiger partial charge in [0.05, 0.1) is 22.2 Å². The molecule has 0 aliphatic heterocycles. The molecular weight excluding hydrogens is 395 g/mol. The first-order chi connectivity index (χ1) is 13.4. The molecule has 0 spiro atoms. The van der Waals surface area contributed by atoms with E-state index in [1.165, 1.54) is 0 Å². The van der Waals surface area contributed by atoms with E-state index in [0.29, 0.717) is 23.1 Å². The van der Waals surface area contributed by atoms with E-state index < -0.39 is 0 Å². The number of carbonyl (C=O) groups excluding carboxylic acids is 1. The lowest BCUT2D eigenvalue weighted by Gasteiger charge is -2.24. The molecule has 148 valence electrons. The van der Waals surface area contributed by atoms with Crippen LogP contribution in [0, 0.1) is 0 Å². The van der Waals surface area contributed by atoms with Crippen LogP contribution in [0.4, 0.5) is 0 Å². The highest BCUT2D eigenvalue weighted by Crippen LogP contribution is 2.23. The van der Waals surface area contributed by atoms with Gasteiger partial charge in [-0.25, -0.2) is 4.98 Å². The number of fused-ring (bicyclic) bond motifs is 1. The number of aromatic nitrogens is 2. The Morgan fingerprint density at radius 1 is 1.11 bits per heavy atom. The van der Waals surface area contributed by atoms with Gasteiger partial charge in [-0.15, -0.1) is 0 Å². The van der Waals surface area contributed by atoms with Crippen molar-refractivity contribution < 1.29 is 4.79 Å². The predicted molar refractivity (Wildman–Crippen MR) is 114 cm³/mol. The number of amides is 1. The number of pyridine rings is 1. The third kappa shape index (κ3) is 5.47. The molecule has 0 N–H and O–H groups in total. The minimum atomic E-state index is 0.0493. The number of halogens is 2. The number of hydrogen-bond acceptors (Lipinski definition) is 3. The van der Waals surface area contributed by atoms with Crippen LogP contribution in [0.15, 0.2) is 48.8 Å². The van der Waals surface area contributed by atoms with Gasteiger partial charge in [-0.05, 0) is 56.9 Å². The van der Waals surface area contributed by atoms with Crippen molar-refractivity contribution in [1.82, 2.24) is 19.2 Å². The smallest absolute Gasteiger partial charge is 0.228 e. The third-order valence-electron chi connectivity index (χ3n) is 4.49. The van der Waals surface area contributed by atoms with Crippen LogP contribution in [0.5, 0.6) is 0 Å². The van der Waals surface area contributed by atoms with Crippen molar-refractivity contribution in [3.63, 3.8) is 0 Å². The summed E-state index contributed by atoms with van der Waals surface area (Å²) in [6.45, 7) is 2.08. The van der Waals surface area contributed by atoms with Crippen LogP contribution in [-0.2, 0) is 17.8 Å². The number of nitrogens with zero attached hydrogens (tertiary/aromatic N) is 4. The largest absolute Gasteiger partial charge is 0.338 e. The number of carbonyl (C=O) groups is 1. The van der Waals surface area contributed by atoms with Gasteiger partial charge in [-0.1, -0.05) is 35.3 Å². The number of rotatable bonds is 8. The first kappa shape index (κ1) is 20.6. The molecule has 28 heavy (non-hydrogen) atoms. The summed E-state index contributed by atoms with van der Waals surface area (Å²) in [4.78, 5) is 21.6. The lowest BCUT2D eigenvalue weighted by atomic mass is 10.2. The van der Waals surface area contributed by atoms with Crippen molar-refractivity contribution in [1.29, 1.82) is 0 Å². The molecule has 0 saturated carbocycles. The van der Waals surface area contributed by atoms with E-state index in [-0.39, 0.29) is 12.3 Å². The van der Waals surface area contributed by atoms with Gasteiger partial charge in [-0.2, -0.15) is 0 Å². The summed E-state index contributed by atoms with van der Waals surface area (Å²) in [7, 11) is 4.06. The minimum absolute atomic E-state index is 0.0493. The molecule has 7 heteroatoms. The second-order valence-electron chi connectivity index (χ2n) is 7.10. The fourth-order valence-electron chi connectivity index (χ4n) is 3.07. The van der Waals surface area contributed by atoms with Crippen molar-refractivity contribution in [3.8, 4) is 0 Å². The van der Waals surface area contributed by atoms with Crippen molar-refractivity contribution in [2.45, 2.75) is 19.4 Å². The number of benzene rings is 1. The van der Waals surface area contributed by atoms with Crippen LogP contribution in [0.2, 0.25) is 10.0 Å². The molecule has 3 aromatic rings. The third-order valence-corrected chi connectivity index (χ3v) is 5.23. The minimum Gasteiger partial charge on any atom is -0.338 e. The maximum absolute atomic E-state index is 13.0. The van der Waals surface area contributed by atoms with Gasteiger partial charge in [0.25, 0.3) is 0 Å². The molecule has 0 atom stereocenters. The Labute approximate surface area is 175 Å². The van der Waals surface area contributed by atoms with Gasteiger partial charge in [-0.3, -0.25) is 4.79 Å². The standard InChI is InChI=1S/C21H24Cl2N4O/c1-25(2)9-5-11-27(14-16-7-8-18(22)19(23)12-16)21(28)13-17-15-26-10-4-3-6-20(26)24-17/h3-4,6-8,10,12,15H,5,9,11,13-14H2,1-2H3. The van der Waals surface area contributed by atoms with Crippen LogP contribution in [0.1, 0.15) is 17.7 Å². The monoisotopic (exact) mass is 418 g/mol. The zero-order valence-corrected chi connectivity index (χ0v) is 17.6. The van der Waals surface area contributed by atoms with E-state index in [9.17, 15) is 4.79 Å². The first-order valence-corrected chi connectivity index (χ1v) is 9.97. The molecule has 0 aliphatic carbocycles. The Hall–Kier alpha value is -2.08. The van der Waals surface area contributed by atoms with E-state index in [0.717, 1.165) is 29.9 Å². The second-order valence-corrected chi connectivity index (χ2v) is 7.91. The zero-order valence-electron chi connectivity index (χ0n) is 16.1. The molecule has 0 unspecified atom stereocenters. The summed E-state index contributed by atoms with van der Waals surface area (Å²) in [6, 6.07) is 11.3. The Morgan fingerprint density at radius 2 is 1.93 bits per heavy atom. The number of hydrogen-bond donors (Lipinski definition) is 0. The highest BCUT2D eigenvalue weighted by Gasteiger charge is 2.17. The molecule has 3 rings (SSSR count). The summed E-state index contributed by atoms with van der Waals surface area (Å²) in [5, 5.41) is 1.01. The maximum atomic E-state index is 13.0.